The van der Waals surface area contributed by atoms with Gasteiger partial charge in [0.2, 0.25) is 0 Å². The Morgan fingerprint density at radius 3 is 2.38 bits per heavy atom. The highest BCUT2D eigenvalue weighted by atomic mass is 16.6. The van der Waals surface area contributed by atoms with Crippen LogP contribution in [0.2, 0.25) is 0 Å². The van der Waals surface area contributed by atoms with Crippen molar-refractivity contribution >= 4 is 17.9 Å². The molecule has 1 aliphatic rings. The minimum atomic E-state index is -0.851. The largest absolute Gasteiger partial charge is 0.450 e. The number of likely N-dealkylation sites (tertiary alicyclic amines) is 1. The van der Waals surface area contributed by atoms with E-state index in [1.807, 2.05) is 0 Å². The van der Waals surface area contributed by atoms with Crippen LogP contribution in [0.1, 0.15) is 41.5 Å². The third-order valence-electron chi connectivity index (χ3n) is 3.57. The predicted molar refractivity (Wildman–Crippen MR) is 91.0 cm³/mol. The molecule has 8 nitrogen and oxygen atoms in total. The molecule has 1 saturated heterocycles. The topological polar surface area (TPSA) is 104 Å². The van der Waals surface area contributed by atoms with Crippen molar-refractivity contribution in [3.63, 3.8) is 0 Å². The van der Waals surface area contributed by atoms with Gasteiger partial charge in [-0.3, -0.25) is 10.2 Å². The number of ether oxygens (including phenoxy) is 2. The molecule has 0 atom stereocenters. The van der Waals surface area contributed by atoms with Gasteiger partial charge in [0.25, 0.3) is 0 Å². The molecule has 0 spiro atoms. The van der Waals surface area contributed by atoms with Crippen LogP contribution in [-0.2, 0) is 9.47 Å². The third-order valence-corrected chi connectivity index (χ3v) is 3.57. The second-order valence-electron chi connectivity index (χ2n) is 6.95. The molecule has 0 bridgehead atoms. The van der Waals surface area contributed by atoms with Gasteiger partial charge in [0.1, 0.15) is 11.4 Å². The summed E-state index contributed by atoms with van der Waals surface area (Å²) in [5.74, 6) is 0.345. The first kappa shape index (κ1) is 19.8. The number of carbonyl (C=O) groups excluding carboxylic acids is 2. The van der Waals surface area contributed by atoms with Crippen LogP contribution in [0.15, 0.2) is 11.4 Å². The van der Waals surface area contributed by atoms with Crippen LogP contribution in [0.5, 0.6) is 0 Å². The third kappa shape index (κ3) is 4.39. The normalized spacial score (nSPS) is 19.0. The van der Waals surface area contributed by atoms with E-state index in [0.717, 1.165) is 0 Å². The van der Waals surface area contributed by atoms with E-state index in [1.54, 1.807) is 48.6 Å². The van der Waals surface area contributed by atoms with Gasteiger partial charge in [-0.2, -0.15) is 0 Å². The van der Waals surface area contributed by atoms with Crippen LogP contribution in [0.4, 0.5) is 9.59 Å². The zero-order valence-electron chi connectivity index (χ0n) is 15.5. The van der Waals surface area contributed by atoms with Crippen molar-refractivity contribution in [2.45, 2.75) is 52.7 Å². The molecule has 2 amide bonds. The van der Waals surface area contributed by atoms with Gasteiger partial charge in [0.15, 0.2) is 0 Å². The molecule has 8 heteroatoms. The lowest BCUT2D eigenvalue weighted by Crippen LogP contribution is -2.48. The van der Waals surface area contributed by atoms with Gasteiger partial charge in [-0.15, -0.1) is 0 Å². The van der Waals surface area contributed by atoms with Gasteiger partial charge >= 0.3 is 12.2 Å². The van der Waals surface area contributed by atoms with Gasteiger partial charge in [0, 0.05) is 12.6 Å². The van der Waals surface area contributed by atoms with Gasteiger partial charge < -0.3 is 20.2 Å². The number of nitrogens with one attached hydrogen (secondary N) is 3. The molecule has 24 heavy (non-hydrogen) atoms. The Balaban J connectivity index is 3.11. The average Bonchev–Trinajstić information content (AvgIpc) is 2.66. The lowest BCUT2D eigenvalue weighted by molar-refractivity contribution is 0.0184. The summed E-state index contributed by atoms with van der Waals surface area (Å²) in [6.07, 6.45) is -1.12. The van der Waals surface area contributed by atoms with Crippen molar-refractivity contribution in [1.82, 2.24) is 15.5 Å². The molecular formula is C16H28N4O4. The fourth-order valence-electron chi connectivity index (χ4n) is 2.31. The zero-order valence-corrected chi connectivity index (χ0v) is 15.5. The summed E-state index contributed by atoms with van der Waals surface area (Å²) in [7, 11) is 1.63. The first-order chi connectivity index (χ1) is 10.9. The Bertz CT molecular complexity index is 561. The van der Waals surface area contributed by atoms with Crippen molar-refractivity contribution in [3.05, 3.63) is 11.4 Å². The minimum Gasteiger partial charge on any atom is -0.450 e. The zero-order chi connectivity index (χ0) is 18.7. The van der Waals surface area contributed by atoms with Gasteiger partial charge in [0.05, 0.1) is 24.4 Å². The number of amides is 2. The van der Waals surface area contributed by atoms with Crippen LogP contribution < -0.4 is 10.6 Å². The molecule has 0 saturated carbocycles. The maximum absolute atomic E-state index is 12.5. The molecule has 1 fully saturated rings. The first-order valence-corrected chi connectivity index (χ1v) is 7.88. The van der Waals surface area contributed by atoms with Crippen molar-refractivity contribution in [3.8, 4) is 0 Å². The number of rotatable bonds is 3. The molecule has 1 rings (SSSR count). The van der Waals surface area contributed by atoms with E-state index in [4.69, 9.17) is 14.9 Å². The Kier molecular flexibility index (Phi) is 5.86. The molecule has 1 aliphatic heterocycles. The highest BCUT2D eigenvalue weighted by molar-refractivity contribution is 6.09. The van der Waals surface area contributed by atoms with Crippen LogP contribution >= 0.6 is 0 Å². The maximum Gasteiger partial charge on any atom is 0.412 e. The summed E-state index contributed by atoms with van der Waals surface area (Å²) >= 11 is 0. The quantitative estimate of drug-likeness (QED) is 0.731. The molecule has 3 N–H and O–H groups in total. The van der Waals surface area contributed by atoms with E-state index in [-0.39, 0.29) is 18.9 Å². The van der Waals surface area contributed by atoms with E-state index in [2.05, 4.69) is 10.6 Å². The van der Waals surface area contributed by atoms with Crippen molar-refractivity contribution < 1.29 is 19.1 Å². The smallest absolute Gasteiger partial charge is 0.412 e. The average molecular weight is 340 g/mol. The molecule has 1 heterocycles. The van der Waals surface area contributed by atoms with Crippen LogP contribution in [0.25, 0.3) is 0 Å². The number of hydrogen-bond donors (Lipinski definition) is 3. The first-order valence-electron chi connectivity index (χ1n) is 7.88. The van der Waals surface area contributed by atoms with E-state index < -0.39 is 23.3 Å². The summed E-state index contributed by atoms with van der Waals surface area (Å²) in [4.78, 5) is 25.6. The Morgan fingerprint density at radius 1 is 1.33 bits per heavy atom. The maximum atomic E-state index is 12.5. The molecule has 0 aromatic heterocycles. The highest BCUT2D eigenvalue weighted by Gasteiger charge is 2.46. The van der Waals surface area contributed by atoms with E-state index in [1.165, 1.54) is 4.90 Å². The van der Waals surface area contributed by atoms with Gasteiger partial charge in [-0.1, -0.05) is 0 Å². The summed E-state index contributed by atoms with van der Waals surface area (Å²) in [6, 6.07) is 0. The number of alkyl carbamates (subject to hydrolysis) is 1. The molecule has 0 radical (unpaired) electrons. The Morgan fingerprint density at radius 2 is 1.92 bits per heavy atom. The summed E-state index contributed by atoms with van der Waals surface area (Å²) in [5.41, 5.74) is -0.733. The molecule has 0 aromatic rings. The molecule has 136 valence electrons. The van der Waals surface area contributed by atoms with E-state index in [9.17, 15) is 9.59 Å². The van der Waals surface area contributed by atoms with Gasteiger partial charge in [-0.05, 0) is 41.5 Å². The lowest BCUT2D eigenvalue weighted by atomic mass is 9.97. The summed E-state index contributed by atoms with van der Waals surface area (Å²) < 4.78 is 10.3. The lowest BCUT2D eigenvalue weighted by Gasteiger charge is -2.32. The number of hydrogen-bond acceptors (Lipinski definition) is 6. The summed E-state index contributed by atoms with van der Waals surface area (Å²) in [5, 5.41) is 13.8. The van der Waals surface area contributed by atoms with E-state index in [0.29, 0.717) is 11.4 Å². The molecule has 0 unspecified atom stereocenters. The molecule has 0 aromatic carbocycles. The Labute approximate surface area is 143 Å². The van der Waals surface area contributed by atoms with Crippen molar-refractivity contribution in [2.75, 3.05) is 20.2 Å². The standard InChI is InChI=1S/C16H28N4O4/c1-8-23-13(21)19-12(18-7)10-9-20(16(5,6)11(10)17)14(22)24-15(2,3)4/h17-18H,8-9H2,1-7H3,(H,19,21)/b12-10-,17-11?. The molecular weight excluding hydrogens is 312 g/mol. The SMILES string of the molecule is CCOC(=O)N/C(NC)=C1/CN(C(=O)OC(C)(C)C)C(C)(C)C1=N. The van der Waals surface area contributed by atoms with Crippen LogP contribution in [0, 0.1) is 5.41 Å². The van der Waals surface area contributed by atoms with Crippen LogP contribution in [0.3, 0.4) is 0 Å². The van der Waals surface area contributed by atoms with Crippen LogP contribution in [-0.4, -0.2) is 54.1 Å². The van der Waals surface area contributed by atoms with E-state index >= 15 is 0 Å². The minimum absolute atomic E-state index is 0.156. The highest BCUT2D eigenvalue weighted by Crippen LogP contribution is 2.31. The van der Waals surface area contributed by atoms with Gasteiger partial charge in [-0.25, -0.2) is 9.59 Å². The monoisotopic (exact) mass is 340 g/mol. The second kappa shape index (κ2) is 7.11. The van der Waals surface area contributed by atoms with Crippen molar-refractivity contribution in [1.29, 1.82) is 5.41 Å². The molecule has 0 aliphatic carbocycles. The number of nitrogens with zero attached hydrogens (tertiary/aromatic N) is 1. The fourth-order valence-corrected chi connectivity index (χ4v) is 2.31. The Hall–Kier alpha value is -2.25. The van der Waals surface area contributed by atoms with Crippen molar-refractivity contribution in [2.24, 2.45) is 0 Å². The predicted octanol–water partition coefficient (Wildman–Crippen LogP) is 2.21. The fraction of sp³-hybridized carbons (Fsp3) is 0.688. The summed E-state index contributed by atoms with van der Waals surface area (Å²) in [6.45, 7) is 11.0. The number of carbonyl (C=O) groups is 2. The second-order valence-corrected chi connectivity index (χ2v) is 6.95.